The van der Waals surface area contributed by atoms with Gasteiger partial charge in [0, 0.05) is 36.3 Å². The van der Waals surface area contributed by atoms with Crippen molar-refractivity contribution >= 4 is 23.1 Å². The number of pyridine rings is 1. The molecule has 3 aromatic rings. The van der Waals surface area contributed by atoms with E-state index in [2.05, 4.69) is 11.1 Å². The molecule has 222 valence electrons. The number of carbonyl (C=O) groups is 2. The normalized spacial score (nSPS) is 14.9. The first kappa shape index (κ1) is 30.4. The number of benzene rings is 1. The summed E-state index contributed by atoms with van der Waals surface area (Å²) in [5, 5.41) is 22.0. The number of carbonyl (C=O) groups excluding carboxylic acids is 2. The number of rotatable bonds is 4. The van der Waals surface area contributed by atoms with Crippen LogP contribution >= 0.6 is 0 Å². The molecule has 0 bridgehead atoms. The van der Waals surface area contributed by atoms with Crippen LogP contribution in [0.25, 0.3) is 22.2 Å². The summed E-state index contributed by atoms with van der Waals surface area (Å²) in [6.07, 6.45) is 0.985. The van der Waals surface area contributed by atoms with Gasteiger partial charge in [0.1, 0.15) is 17.0 Å². The summed E-state index contributed by atoms with van der Waals surface area (Å²) >= 11 is 0. The van der Waals surface area contributed by atoms with Gasteiger partial charge in [-0.15, -0.1) is 0 Å². The van der Waals surface area contributed by atoms with Gasteiger partial charge in [0.25, 0.3) is 0 Å². The zero-order valence-electron chi connectivity index (χ0n) is 25.5. The van der Waals surface area contributed by atoms with Gasteiger partial charge in [-0.25, -0.2) is 14.2 Å². The van der Waals surface area contributed by atoms with E-state index in [4.69, 9.17) is 9.47 Å². The molecule has 0 aliphatic carbocycles. The standard InChI is InChI=1S/C32H43N3O6/c1-19-17-25(28(37)20(2)33-19)27-23(13-16-36)24-18-22(9-10-26(24)35(27)30(39)41-32(6,7)8)21-11-14-34(15-12-21)29(38)40-31(3,4)5/h9-10,17-18,21,36-37H,11-16H2,1-8H3. The Morgan fingerprint density at radius 1 is 0.976 bits per heavy atom. The van der Waals surface area contributed by atoms with E-state index in [0.29, 0.717) is 41.3 Å². The summed E-state index contributed by atoms with van der Waals surface area (Å²) < 4.78 is 12.9. The Balaban J connectivity index is 1.81. The molecule has 9 nitrogen and oxygen atoms in total. The van der Waals surface area contributed by atoms with Crippen LogP contribution in [-0.4, -0.2) is 67.7 Å². The fourth-order valence-electron chi connectivity index (χ4n) is 5.50. The second-order valence-corrected chi connectivity index (χ2v) is 12.9. The van der Waals surface area contributed by atoms with E-state index in [1.807, 2.05) is 60.6 Å². The Morgan fingerprint density at radius 3 is 2.17 bits per heavy atom. The van der Waals surface area contributed by atoms with E-state index in [1.54, 1.807) is 17.9 Å². The minimum Gasteiger partial charge on any atom is -0.505 e. The van der Waals surface area contributed by atoms with Gasteiger partial charge in [-0.2, -0.15) is 0 Å². The van der Waals surface area contributed by atoms with Crippen LogP contribution in [0.1, 0.15) is 82.8 Å². The summed E-state index contributed by atoms with van der Waals surface area (Å²) in [4.78, 5) is 32.4. The quantitative estimate of drug-likeness (QED) is 0.373. The minimum atomic E-state index is -0.740. The molecule has 41 heavy (non-hydrogen) atoms. The van der Waals surface area contributed by atoms with Crippen molar-refractivity contribution in [2.75, 3.05) is 19.7 Å². The third kappa shape index (κ3) is 6.67. The molecular formula is C32H43N3O6. The largest absolute Gasteiger partial charge is 0.505 e. The lowest BCUT2D eigenvalue weighted by atomic mass is 9.88. The van der Waals surface area contributed by atoms with E-state index in [1.165, 1.54) is 4.57 Å². The van der Waals surface area contributed by atoms with Crippen molar-refractivity contribution in [3.63, 3.8) is 0 Å². The van der Waals surface area contributed by atoms with E-state index in [9.17, 15) is 19.8 Å². The van der Waals surface area contributed by atoms with Gasteiger partial charge in [0.15, 0.2) is 0 Å². The van der Waals surface area contributed by atoms with Gasteiger partial charge in [-0.3, -0.25) is 4.98 Å². The summed E-state index contributed by atoms with van der Waals surface area (Å²) in [6, 6.07) is 7.77. The lowest BCUT2D eigenvalue weighted by molar-refractivity contribution is 0.0204. The van der Waals surface area contributed by atoms with Crippen LogP contribution in [0.4, 0.5) is 9.59 Å². The van der Waals surface area contributed by atoms with Gasteiger partial charge in [-0.1, -0.05) is 6.07 Å². The molecule has 0 atom stereocenters. The van der Waals surface area contributed by atoms with E-state index in [-0.39, 0.29) is 30.8 Å². The molecule has 4 rings (SSSR count). The number of nitrogens with zero attached hydrogens (tertiary/aromatic N) is 3. The van der Waals surface area contributed by atoms with E-state index < -0.39 is 17.3 Å². The number of aliphatic hydroxyl groups is 1. The maximum absolute atomic E-state index is 13.7. The summed E-state index contributed by atoms with van der Waals surface area (Å²) in [6.45, 7) is 15.6. The van der Waals surface area contributed by atoms with Gasteiger partial charge in [-0.05, 0) is 110 Å². The third-order valence-corrected chi connectivity index (χ3v) is 7.20. The average Bonchev–Trinajstić information content (AvgIpc) is 3.18. The maximum atomic E-state index is 13.7. The van der Waals surface area contributed by atoms with Crippen molar-refractivity contribution in [1.29, 1.82) is 0 Å². The highest BCUT2D eigenvalue weighted by molar-refractivity contribution is 6.00. The summed E-state index contributed by atoms with van der Waals surface area (Å²) in [5.74, 6) is 0.198. The Kier molecular flexibility index (Phi) is 8.41. The number of likely N-dealkylation sites (tertiary alicyclic amines) is 1. The number of aryl methyl sites for hydroxylation is 2. The predicted octanol–water partition coefficient (Wildman–Crippen LogP) is 6.46. The SMILES string of the molecule is Cc1cc(-c2c(CCO)c3cc(C4CCN(C(=O)OC(C)(C)C)CC4)ccc3n2C(=O)OC(C)(C)C)c(O)c(C)n1. The molecule has 1 saturated heterocycles. The highest BCUT2D eigenvalue weighted by Gasteiger charge is 2.31. The fourth-order valence-corrected chi connectivity index (χ4v) is 5.50. The van der Waals surface area contributed by atoms with Crippen molar-refractivity contribution < 1.29 is 29.3 Å². The van der Waals surface area contributed by atoms with Crippen LogP contribution < -0.4 is 0 Å². The molecule has 0 radical (unpaired) electrons. The monoisotopic (exact) mass is 565 g/mol. The molecule has 0 unspecified atom stereocenters. The molecule has 1 fully saturated rings. The number of aliphatic hydroxyl groups excluding tert-OH is 1. The minimum absolute atomic E-state index is 0.0165. The second-order valence-electron chi connectivity index (χ2n) is 12.9. The third-order valence-electron chi connectivity index (χ3n) is 7.20. The van der Waals surface area contributed by atoms with Gasteiger partial charge >= 0.3 is 12.2 Å². The van der Waals surface area contributed by atoms with Crippen LogP contribution in [0.15, 0.2) is 24.3 Å². The molecular weight excluding hydrogens is 522 g/mol. The number of piperidine rings is 1. The van der Waals surface area contributed by atoms with Crippen LogP contribution in [0.2, 0.25) is 0 Å². The molecule has 2 N–H and O–H groups in total. The van der Waals surface area contributed by atoms with Crippen molar-refractivity contribution in [2.24, 2.45) is 0 Å². The highest BCUT2D eigenvalue weighted by atomic mass is 16.6. The van der Waals surface area contributed by atoms with E-state index >= 15 is 0 Å². The Labute approximate surface area is 242 Å². The lowest BCUT2D eigenvalue weighted by Crippen LogP contribution is -2.41. The number of aromatic nitrogens is 2. The van der Waals surface area contributed by atoms with Crippen molar-refractivity contribution in [3.8, 4) is 17.0 Å². The molecule has 1 aliphatic rings. The number of ether oxygens (including phenoxy) is 2. The Morgan fingerprint density at radius 2 is 1.59 bits per heavy atom. The zero-order chi connectivity index (χ0) is 30.3. The smallest absolute Gasteiger partial charge is 0.419 e. The molecule has 1 aliphatic heterocycles. The number of aromatic hydroxyl groups is 1. The van der Waals surface area contributed by atoms with Crippen LogP contribution in [-0.2, 0) is 15.9 Å². The molecule has 9 heteroatoms. The summed E-state index contributed by atoms with van der Waals surface area (Å²) in [7, 11) is 0. The van der Waals surface area contributed by atoms with Crippen LogP contribution in [0.5, 0.6) is 5.75 Å². The Hall–Kier alpha value is -3.59. The Bertz CT molecular complexity index is 1450. The number of amides is 1. The highest BCUT2D eigenvalue weighted by Crippen LogP contribution is 2.41. The zero-order valence-corrected chi connectivity index (χ0v) is 25.5. The fraction of sp³-hybridized carbons (Fsp3) is 0.531. The number of hydrogen-bond donors (Lipinski definition) is 2. The predicted molar refractivity (Wildman–Crippen MR) is 159 cm³/mol. The molecule has 3 heterocycles. The van der Waals surface area contributed by atoms with Gasteiger partial charge in [0.05, 0.1) is 16.9 Å². The summed E-state index contributed by atoms with van der Waals surface area (Å²) in [5.41, 5.74) is 3.31. The molecule has 1 aromatic carbocycles. The van der Waals surface area contributed by atoms with Crippen molar-refractivity contribution in [3.05, 3.63) is 46.8 Å². The van der Waals surface area contributed by atoms with Gasteiger partial charge < -0.3 is 24.6 Å². The first-order valence-corrected chi connectivity index (χ1v) is 14.3. The van der Waals surface area contributed by atoms with Crippen molar-refractivity contribution in [2.45, 2.75) is 91.8 Å². The second kappa shape index (κ2) is 11.4. The first-order chi connectivity index (χ1) is 19.1. The van der Waals surface area contributed by atoms with Crippen molar-refractivity contribution in [1.82, 2.24) is 14.5 Å². The average molecular weight is 566 g/mol. The molecule has 0 saturated carbocycles. The topological polar surface area (TPSA) is 114 Å². The van der Waals surface area contributed by atoms with Gasteiger partial charge in [0.2, 0.25) is 0 Å². The molecule has 2 aromatic heterocycles. The maximum Gasteiger partial charge on any atom is 0.419 e. The molecule has 0 spiro atoms. The molecule has 1 amide bonds. The lowest BCUT2D eigenvalue weighted by Gasteiger charge is -2.33. The van der Waals surface area contributed by atoms with Crippen LogP contribution in [0.3, 0.4) is 0 Å². The van der Waals surface area contributed by atoms with Crippen LogP contribution in [0, 0.1) is 13.8 Å². The van der Waals surface area contributed by atoms with E-state index in [0.717, 1.165) is 29.4 Å². The number of fused-ring (bicyclic) bond motifs is 1. The number of hydrogen-bond acceptors (Lipinski definition) is 7. The first-order valence-electron chi connectivity index (χ1n) is 14.3.